The Morgan fingerprint density at radius 3 is 1.31 bits per heavy atom. The van der Waals surface area contributed by atoms with Crippen molar-refractivity contribution in [2.24, 2.45) is 34.1 Å². The maximum absolute atomic E-state index is 11.9. The zero-order valence-electron chi connectivity index (χ0n) is 30.4. The van der Waals surface area contributed by atoms with Gasteiger partial charge in [0.25, 0.3) is 0 Å². The molecule has 6 rings (SSSR count). The van der Waals surface area contributed by atoms with Crippen molar-refractivity contribution < 1.29 is 24.9 Å². The number of aliphatic hydroxyl groups is 1. The standard InChI is InChI=1S/2C19H17BrN4O2.C2H6O/c2*1-24-7-6-11-13(8-24)16(12-4-2-3-5-14(12)20)19(9-21,10-22)17(23)15(11)18(25)26;1-2-3/h2*2-6,13,16H,7-8,23H2,1H3,(H,25,26);3H,2H2,1H3/t2*13-,16+;/m11./s1. The summed E-state index contributed by atoms with van der Waals surface area (Å²) in [6, 6.07) is 23.0. The van der Waals surface area contributed by atoms with E-state index in [2.05, 4.69) is 56.1 Å². The zero-order chi connectivity index (χ0) is 40.8. The Morgan fingerprint density at radius 1 is 0.727 bits per heavy atom. The molecule has 0 amide bonds. The smallest absolute Gasteiger partial charge is 0.337 e. The number of halogens is 2. The van der Waals surface area contributed by atoms with Gasteiger partial charge in [-0.1, -0.05) is 80.4 Å². The third kappa shape index (κ3) is 7.55. The summed E-state index contributed by atoms with van der Waals surface area (Å²) in [4.78, 5) is 27.9. The Labute approximate surface area is 336 Å². The molecule has 4 atom stereocenters. The van der Waals surface area contributed by atoms with Crippen molar-refractivity contribution in [1.29, 1.82) is 21.0 Å². The van der Waals surface area contributed by atoms with E-state index in [1.54, 1.807) is 6.92 Å². The summed E-state index contributed by atoms with van der Waals surface area (Å²) in [5, 5.41) is 66.9. The quantitative estimate of drug-likeness (QED) is 0.279. The van der Waals surface area contributed by atoms with Gasteiger partial charge in [0.05, 0.1) is 46.8 Å². The van der Waals surface area contributed by atoms with Crippen molar-refractivity contribution in [2.45, 2.75) is 18.8 Å². The van der Waals surface area contributed by atoms with Gasteiger partial charge >= 0.3 is 11.9 Å². The van der Waals surface area contributed by atoms with Crippen molar-refractivity contribution in [3.05, 3.63) is 114 Å². The molecule has 0 unspecified atom stereocenters. The van der Waals surface area contributed by atoms with Crippen LogP contribution in [0.5, 0.6) is 0 Å². The van der Waals surface area contributed by atoms with E-state index in [9.17, 15) is 40.8 Å². The molecule has 7 N–H and O–H groups in total. The van der Waals surface area contributed by atoms with Crippen molar-refractivity contribution >= 4 is 43.8 Å². The normalized spacial score (nSPS) is 23.8. The third-order valence-electron chi connectivity index (χ3n) is 10.4. The van der Waals surface area contributed by atoms with Gasteiger partial charge in [-0.05, 0) is 55.4 Å². The van der Waals surface area contributed by atoms with E-state index in [1.807, 2.05) is 84.6 Å². The van der Waals surface area contributed by atoms with Crippen molar-refractivity contribution in [1.82, 2.24) is 9.80 Å². The van der Waals surface area contributed by atoms with Crippen LogP contribution in [0, 0.1) is 68.0 Å². The van der Waals surface area contributed by atoms with Gasteiger partial charge in [0.2, 0.25) is 0 Å². The lowest BCUT2D eigenvalue weighted by molar-refractivity contribution is -0.133. The van der Waals surface area contributed by atoms with Crippen LogP contribution in [0.25, 0.3) is 0 Å². The summed E-state index contributed by atoms with van der Waals surface area (Å²) in [6.45, 7) is 4.18. The van der Waals surface area contributed by atoms with Crippen LogP contribution in [0.4, 0.5) is 0 Å². The molecular formula is C40H40Br2N8O5. The SMILES string of the molecule is CCO.CN1CC=C2C(C(=O)O)=C(N)C(C#N)(C#N)[C@@H](c3ccccc3Br)[C@@H]2C1.CN1CC=C2C(C(=O)O)=C(N)C(C#N)(C#N)[C@@H](c3ccccc3Br)[C@@H]2C1. The fourth-order valence-electron chi connectivity index (χ4n) is 8.02. The van der Waals surface area contributed by atoms with E-state index in [1.165, 1.54) is 0 Å². The Kier molecular flexibility index (Phi) is 13.5. The van der Waals surface area contributed by atoms with Gasteiger partial charge in [0, 0.05) is 65.4 Å². The summed E-state index contributed by atoms with van der Waals surface area (Å²) in [5.74, 6) is -4.22. The van der Waals surface area contributed by atoms with E-state index in [0.29, 0.717) is 37.3 Å². The summed E-state index contributed by atoms with van der Waals surface area (Å²) in [5.41, 5.74) is 11.1. The van der Waals surface area contributed by atoms with Gasteiger partial charge < -0.3 is 36.6 Å². The van der Waals surface area contributed by atoms with E-state index in [0.717, 1.165) is 20.1 Å². The lowest BCUT2D eigenvalue weighted by atomic mass is 9.58. The summed E-state index contributed by atoms with van der Waals surface area (Å²) < 4.78 is 1.53. The van der Waals surface area contributed by atoms with Gasteiger partial charge in [0.1, 0.15) is 0 Å². The summed E-state index contributed by atoms with van der Waals surface area (Å²) >= 11 is 7.02. The number of hydrogen-bond acceptors (Lipinski definition) is 11. The largest absolute Gasteiger partial charge is 0.478 e. The topological polar surface area (TPSA) is 249 Å². The zero-order valence-corrected chi connectivity index (χ0v) is 33.5. The maximum Gasteiger partial charge on any atom is 0.337 e. The molecule has 15 heteroatoms. The number of nitrogens with two attached hydrogens (primary N) is 2. The van der Waals surface area contributed by atoms with Crippen LogP contribution in [0.15, 0.2) is 103 Å². The third-order valence-corrected chi connectivity index (χ3v) is 11.8. The number of hydrogen-bond donors (Lipinski definition) is 5. The second-order valence-electron chi connectivity index (χ2n) is 13.5. The predicted molar refractivity (Wildman–Crippen MR) is 210 cm³/mol. The van der Waals surface area contributed by atoms with Gasteiger partial charge in [-0.3, -0.25) is 0 Å². The van der Waals surface area contributed by atoms with Gasteiger partial charge in [-0.2, -0.15) is 21.0 Å². The molecule has 0 saturated heterocycles. The molecule has 13 nitrogen and oxygen atoms in total. The number of nitriles is 4. The predicted octanol–water partition coefficient (Wildman–Crippen LogP) is 4.73. The highest BCUT2D eigenvalue weighted by molar-refractivity contribution is 9.10. The lowest BCUT2D eigenvalue weighted by Gasteiger charge is -2.45. The van der Waals surface area contributed by atoms with Crippen LogP contribution in [0.3, 0.4) is 0 Å². The average molecular weight is 873 g/mol. The average Bonchev–Trinajstić information content (AvgIpc) is 3.15. The first-order valence-corrected chi connectivity index (χ1v) is 18.7. The molecule has 55 heavy (non-hydrogen) atoms. The van der Waals surface area contributed by atoms with Crippen molar-refractivity contribution in [2.75, 3.05) is 46.9 Å². The van der Waals surface area contributed by atoms with Crippen LogP contribution >= 0.6 is 31.9 Å². The van der Waals surface area contributed by atoms with Crippen molar-refractivity contribution in [3.8, 4) is 24.3 Å². The number of allylic oxidation sites excluding steroid dienone is 2. The number of likely N-dealkylation sites (N-methyl/N-ethyl adjacent to an activating group) is 2. The monoisotopic (exact) mass is 870 g/mol. The van der Waals surface area contributed by atoms with Gasteiger partial charge in [0.15, 0.2) is 10.8 Å². The second-order valence-corrected chi connectivity index (χ2v) is 15.2. The Balaban J connectivity index is 0.000000228. The lowest BCUT2D eigenvalue weighted by Crippen LogP contribution is -2.48. The molecule has 4 aliphatic rings. The summed E-state index contributed by atoms with van der Waals surface area (Å²) in [7, 11) is 3.85. The van der Waals surface area contributed by atoms with Crippen LogP contribution in [-0.4, -0.2) is 83.9 Å². The number of fused-ring (bicyclic) bond motifs is 2. The van der Waals surface area contributed by atoms with Crippen molar-refractivity contribution in [3.63, 3.8) is 0 Å². The minimum atomic E-state index is -1.75. The Hall–Kier alpha value is -5.26. The number of benzene rings is 2. The molecule has 2 aromatic rings. The molecule has 284 valence electrons. The van der Waals surface area contributed by atoms with Gasteiger partial charge in [-0.25, -0.2) is 9.59 Å². The Bertz CT molecular complexity index is 1990. The first-order valence-electron chi connectivity index (χ1n) is 17.2. The fraction of sp³-hybridized carbons (Fsp3) is 0.350. The molecule has 0 fully saturated rings. The maximum atomic E-state index is 11.9. The number of rotatable bonds is 4. The molecule has 2 aliphatic heterocycles. The van der Waals surface area contributed by atoms with E-state index in [-0.39, 0.29) is 41.0 Å². The molecule has 0 saturated carbocycles. The molecule has 2 aliphatic carbocycles. The van der Waals surface area contributed by atoms with Gasteiger partial charge in [-0.15, -0.1) is 0 Å². The first kappa shape index (κ1) is 42.5. The number of aliphatic hydroxyl groups excluding tert-OH is 1. The van der Waals surface area contributed by atoms with Crippen LogP contribution in [0.2, 0.25) is 0 Å². The molecule has 0 aromatic heterocycles. The molecular weight excluding hydrogens is 832 g/mol. The first-order chi connectivity index (χ1) is 26.2. The van der Waals surface area contributed by atoms with Crippen LogP contribution in [0.1, 0.15) is 29.9 Å². The highest BCUT2D eigenvalue weighted by atomic mass is 79.9. The number of carboxylic acid groups (broad SMARTS) is 2. The van der Waals surface area contributed by atoms with E-state index in [4.69, 9.17) is 16.6 Å². The highest BCUT2D eigenvalue weighted by Gasteiger charge is 2.57. The van der Waals surface area contributed by atoms with Crippen LogP contribution in [-0.2, 0) is 9.59 Å². The summed E-state index contributed by atoms with van der Waals surface area (Å²) in [6.07, 6.45) is 3.68. The molecule has 0 bridgehead atoms. The highest BCUT2D eigenvalue weighted by Crippen LogP contribution is 2.56. The number of nitrogens with zero attached hydrogens (tertiary/aromatic N) is 6. The fourth-order valence-corrected chi connectivity index (χ4v) is 9.08. The molecule has 0 spiro atoms. The van der Waals surface area contributed by atoms with Crippen LogP contribution < -0.4 is 11.5 Å². The number of carboxylic acids is 2. The minimum absolute atomic E-state index is 0.102. The minimum Gasteiger partial charge on any atom is -0.478 e. The number of carbonyl (C=O) groups is 2. The molecule has 0 radical (unpaired) electrons. The van der Waals surface area contributed by atoms with E-state index < -0.39 is 34.6 Å². The second kappa shape index (κ2) is 17.5. The molecule has 2 aromatic carbocycles. The number of aliphatic carboxylic acids is 2. The van der Waals surface area contributed by atoms with E-state index >= 15 is 0 Å². The Morgan fingerprint density at radius 2 is 1.04 bits per heavy atom. The molecule has 2 heterocycles.